The van der Waals surface area contributed by atoms with Crippen LogP contribution in [-0.2, 0) is 6.42 Å². The molecule has 2 rings (SSSR count). The van der Waals surface area contributed by atoms with E-state index in [4.69, 9.17) is 11.6 Å². The lowest BCUT2D eigenvalue weighted by Gasteiger charge is -2.05. The molecule has 1 nitrogen and oxygen atoms in total. The number of nitrogens with zero attached hydrogens (tertiary/aromatic N) is 1. The van der Waals surface area contributed by atoms with E-state index in [9.17, 15) is 0 Å². The molecule has 2 aromatic rings. The van der Waals surface area contributed by atoms with Crippen LogP contribution in [0.15, 0.2) is 24.3 Å². The Hall–Kier alpha value is -1.08. The zero-order valence-corrected chi connectivity index (χ0v) is 9.10. The van der Waals surface area contributed by atoms with Crippen LogP contribution < -0.4 is 0 Å². The van der Waals surface area contributed by atoms with Gasteiger partial charge >= 0.3 is 0 Å². The van der Waals surface area contributed by atoms with Gasteiger partial charge < -0.3 is 0 Å². The molecule has 1 aromatic carbocycles. The van der Waals surface area contributed by atoms with E-state index in [0.29, 0.717) is 0 Å². The maximum atomic E-state index is 5.92. The molecule has 14 heavy (non-hydrogen) atoms. The van der Waals surface area contributed by atoms with Crippen molar-refractivity contribution in [3.05, 3.63) is 40.5 Å². The molecule has 0 spiro atoms. The normalized spacial score (nSPS) is 10.8. The van der Waals surface area contributed by atoms with Crippen LogP contribution in [0.2, 0.25) is 5.02 Å². The highest BCUT2D eigenvalue weighted by atomic mass is 35.5. The zero-order valence-electron chi connectivity index (χ0n) is 8.34. The summed E-state index contributed by atoms with van der Waals surface area (Å²) in [6.07, 6.45) is 0.977. The number of aryl methyl sites for hydroxylation is 2. The molecule has 2 heteroatoms. The molecule has 1 aromatic heterocycles. The number of benzene rings is 1. The van der Waals surface area contributed by atoms with E-state index in [-0.39, 0.29) is 0 Å². The fourth-order valence-electron chi connectivity index (χ4n) is 1.65. The highest BCUT2D eigenvalue weighted by Gasteiger charge is 2.01. The lowest BCUT2D eigenvalue weighted by molar-refractivity contribution is 1.03. The first-order valence-corrected chi connectivity index (χ1v) is 5.14. The highest BCUT2D eigenvalue weighted by Crippen LogP contribution is 2.20. The van der Waals surface area contributed by atoms with E-state index in [2.05, 4.69) is 24.9 Å². The number of aromatic nitrogens is 1. The standard InChI is InChI=1S/C12H12ClN/c1-3-11-8(2)6-9-7-10(13)4-5-12(9)14-11/h4-7H,3H2,1-2H3. The molecule has 0 unspecified atom stereocenters. The third kappa shape index (κ3) is 1.60. The predicted octanol–water partition coefficient (Wildman–Crippen LogP) is 3.76. The number of pyridine rings is 1. The predicted molar refractivity (Wildman–Crippen MR) is 60.9 cm³/mol. The summed E-state index contributed by atoms with van der Waals surface area (Å²) in [6.45, 7) is 4.21. The Bertz CT molecular complexity index is 477. The van der Waals surface area contributed by atoms with Crippen LogP contribution in [0, 0.1) is 6.92 Å². The molecule has 0 amide bonds. The van der Waals surface area contributed by atoms with Crippen molar-refractivity contribution >= 4 is 22.5 Å². The van der Waals surface area contributed by atoms with E-state index in [0.717, 1.165) is 22.3 Å². The Kier molecular flexibility index (Phi) is 2.42. The van der Waals surface area contributed by atoms with E-state index in [1.54, 1.807) is 0 Å². The van der Waals surface area contributed by atoms with Gasteiger partial charge in [-0.25, -0.2) is 0 Å². The summed E-state index contributed by atoms with van der Waals surface area (Å²) in [5.74, 6) is 0. The first-order valence-electron chi connectivity index (χ1n) is 4.76. The molecule has 0 aliphatic heterocycles. The molecule has 0 fully saturated rings. The summed E-state index contributed by atoms with van der Waals surface area (Å²) in [5.41, 5.74) is 3.43. The van der Waals surface area contributed by atoms with Gasteiger partial charge in [0.25, 0.3) is 0 Å². The highest BCUT2D eigenvalue weighted by molar-refractivity contribution is 6.31. The van der Waals surface area contributed by atoms with Crippen molar-refractivity contribution < 1.29 is 0 Å². The van der Waals surface area contributed by atoms with Gasteiger partial charge in [-0.1, -0.05) is 18.5 Å². The molecule has 0 saturated heterocycles. The maximum Gasteiger partial charge on any atom is 0.0706 e. The Labute approximate surface area is 88.7 Å². The lowest BCUT2D eigenvalue weighted by Crippen LogP contribution is -1.92. The number of hydrogen-bond donors (Lipinski definition) is 0. The molecule has 0 aliphatic rings. The van der Waals surface area contributed by atoms with Crippen LogP contribution in [0.1, 0.15) is 18.2 Å². The molecule has 0 saturated carbocycles. The number of hydrogen-bond acceptors (Lipinski definition) is 1. The van der Waals surface area contributed by atoms with Crippen molar-refractivity contribution in [1.29, 1.82) is 0 Å². The van der Waals surface area contributed by atoms with Gasteiger partial charge in [-0.3, -0.25) is 4.98 Å². The quantitative estimate of drug-likeness (QED) is 0.691. The molecule has 0 atom stereocenters. The van der Waals surface area contributed by atoms with Crippen LogP contribution in [0.5, 0.6) is 0 Å². The molecule has 0 aliphatic carbocycles. The van der Waals surface area contributed by atoms with Crippen molar-refractivity contribution in [1.82, 2.24) is 4.98 Å². The Morgan fingerprint density at radius 3 is 2.79 bits per heavy atom. The van der Waals surface area contributed by atoms with E-state index < -0.39 is 0 Å². The van der Waals surface area contributed by atoms with Gasteiger partial charge in [0.05, 0.1) is 5.52 Å². The fourth-order valence-corrected chi connectivity index (χ4v) is 1.83. The van der Waals surface area contributed by atoms with E-state index in [1.807, 2.05) is 18.2 Å². The Morgan fingerprint density at radius 2 is 2.07 bits per heavy atom. The average Bonchev–Trinajstić information content (AvgIpc) is 2.16. The van der Waals surface area contributed by atoms with Crippen molar-refractivity contribution in [2.45, 2.75) is 20.3 Å². The second kappa shape index (κ2) is 3.58. The minimum Gasteiger partial charge on any atom is -0.253 e. The lowest BCUT2D eigenvalue weighted by atomic mass is 10.1. The third-order valence-electron chi connectivity index (χ3n) is 2.41. The Balaban J connectivity index is 2.73. The SMILES string of the molecule is CCc1nc2ccc(Cl)cc2cc1C. The molecular formula is C12H12ClN. The minimum atomic E-state index is 0.767. The van der Waals surface area contributed by atoms with Crippen molar-refractivity contribution in [2.75, 3.05) is 0 Å². The summed E-state index contributed by atoms with van der Waals surface area (Å²) >= 11 is 5.92. The third-order valence-corrected chi connectivity index (χ3v) is 2.64. The number of halogens is 1. The first-order chi connectivity index (χ1) is 6.70. The second-order valence-electron chi connectivity index (χ2n) is 3.44. The summed E-state index contributed by atoms with van der Waals surface area (Å²) in [5, 5.41) is 1.88. The monoisotopic (exact) mass is 205 g/mol. The minimum absolute atomic E-state index is 0.767. The van der Waals surface area contributed by atoms with Crippen LogP contribution in [0.3, 0.4) is 0 Å². The number of fused-ring (bicyclic) bond motifs is 1. The summed E-state index contributed by atoms with van der Waals surface area (Å²) in [4.78, 5) is 4.58. The largest absolute Gasteiger partial charge is 0.253 e. The van der Waals surface area contributed by atoms with Crippen LogP contribution in [0.4, 0.5) is 0 Å². The topological polar surface area (TPSA) is 12.9 Å². The summed E-state index contributed by atoms with van der Waals surface area (Å²) < 4.78 is 0. The first kappa shape index (κ1) is 9.47. The molecule has 0 N–H and O–H groups in total. The number of rotatable bonds is 1. The van der Waals surface area contributed by atoms with Gasteiger partial charge in [0, 0.05) is 16.1 Å². The second-order valence-corrected chi connectivity index (χ2v) is 3.88. The van der Waals surface area contributed by atoms with Gasteiger partial charge in [0.15, 0.2) is 0 Å². The van der Waals surface area contributed by atoms with Crippen molar-refractivity contribution in [3.8, 4) is 0 Å². The Morgan fingerprint density at radius 1 is 1.29 bits per heavy atom. The average molecular weight is 206 g/mol. The molecule has 1 heterocycles. The maximum absolute atomic E-state index is 5.92. The molecule has 0 bridgehead atoms. The van der Waals surface area contributed by atoms with Gasteiger partial charge in [0.1, 0.15) is 0 Å². The zero-order chi connectivity index (χ0) is 10.1. The van der Waals surface area contributed by atoms with Gasteiger partial charge in [-0.05, 0) is 43.2 Å². The van der Waals surface area contributed by atoms with Crippen molar-refractivity contribution in [3.63, 3.8) is 0 Å². The van der Waals surface area contributed by atoms with E-state index >= 15 is 0 Å². The molecule has 0 radical (unpaired) electrons. The van der Waals surface area contributed by atoms with Crippen LogP contribution in [0.25, 0.3) is 10.9 Å². The van der Waals surface area contributed by atoms with Gasteiger partial charge in [0.2, 0.25) is 0 Å². The molecular weight excluding hydrogens is 194 g/mol. The summed E-state index contributed by atoms with van der Waals surface area (Å²) in [7, 11) is 0. The summed E-state index contributed by atoms with van der Waals surface area (Å²) in [6, 6.07) is 7.95. The molecule has 72 valence electrons. The van der Waals surface area contributed by atoms with Crippen molar-refractivity contribution in [2.24, 2.45) is 0 Å². The van der Waals surface area contributed by atoms with Crippen LogP contribution in [-0.4, -0.2) is 4.98 Å². The van der Waals surface area contributed by atoms with Gasteiger partial charge in [-0.2, -0.15) is 0 Å². The fraction of sp³-hybridized carbons (Fsp3) is 0.250. The smallest absolute Gasteiger partial charge is 0.0706 e. The van der Waals surface area contributed by atoms with E-state index in [1.165, 1.54) is 11.3 Å². The van der Waals surface area contributed by atoms with Crippen LogP contribution >= 0.6 is 11.6 Å². The van der Waals surface area contributed by atoms with Gasteiger partial charge in [-0.15, -0.1) is 0 Å².